The molecule has 0 spiro atoms. The number of hydrogen-bond acceptors (Lipinski definition) is 5. The molecular weight excluding hydrogens is 222 g/mol. The highest BCUT2D eigenvalue weighted by atomic mass is 16.5. The predicted octanol–water partition coefficient (Wildman–Crippen LogP) is 0.540. The zero-order valence-electron chi connectivity index (χ0n) is 10.2. The molecule has 0 radical (unpaired) electrons. The normalized spacial score (nSPS) is 12.2. The van der Waals surface area contributed by atoms with E-state index in [0.29, 0.717) is 18.0 Å². The highest BCUT2D eigenvalue weighted by molar-refractivity contribution is 5.40. The third-order valence-corrected chi connectivity index (χ3v) is 2.28. The Morgan fingerprint density at radius 2 is 2.06 bits per heavy atom. The second kappa shape index (κ2) is 7.11. The Morgan fingerprint density at radius 1 is 1.29 bits per heavy atom. The summed E-state index contributed by atoms with van der Waals surface area (Å²) in [5.41, 5.74) is 6.47. The molecule has 1 aromatic rings. The lowest BCUT2D eigenvalue weighted by atomic mass is 10.2. The second-order valence-electron chi connectivity index (χ2n) is 3.60. The lowest BCUT2D eigenvalue weighted by molar-refractivity contribution is 0.0323. The van der Waals surface area contributed by atoms with E-state index in [9.17, 15) is 5.11 Å². The van der Waals surface area contributed by atoms with Crippen LogP contribution in [0.2, 0.25) is 0 Å². The number of ether oxygens (including phenoxy) is 3. The van der Waals surface area contributed by atoms with Crippen molar-refractivity contribution in [3.63, 3.8) is 0 Å². The van der Waals surface area contributed by atoms with Crippen LogP contribution in [0.4, 0.5) is 0 Å². The fraction of sp³-hybridized carbons (Fsp3) is 0.500. The smallest absolute Gasteiger partial charge is 0.127 e. The van der Waals surface area contributed by atoms with Crippen molar-refractivity contribution in [2.24, 2.45) is 5.73 Å². The van der Waals surface area contributed by atoms with Gasteiger partial charge < -0.3 is 25.1 Å². The van der Waals surface area contributed by atoms with Gasteiger partial charge in [0.25, 0.3) is 0 Å². The maximum atomic E-state index is 9.49. The van der Waals surface area contributed by atoms with Crippen molar-refractivity contribution in [2.45, 2.75) is 12.6 Å². The quantitative estimate of drug-likeness (QED) is 0.729. The standard InChI is InChI=1S/C12H19NO4/c1-15-7-10(14)8-17-12-5-11(16-2)4-3-9(12)6-13/h3-5,10,14H,6-8,13H2,1-2H3. The fourth-order valence-corrected chi connectivity index (χ4v) is 1.39. The van der Waals surface area contributed by atoms with Gasteiger partial charge in [-0.1, -0.05) is 6.07 Å². The van der Waals surface area contributed by atoms with Crippen LogP contribution < -0.4 is 15.2 Å². The second-order valence-corrected chi connectivity index (χ2v) is 3.60. The topological polar surface area (TPSA) is 73.9 Å². The van der Waals surface area contributed by atoms with Gasteiger partial charge in [0.15, 0.2) is 0 Å². The summed E-state index contributed by atoms with van der Waals surface area (Å²) in [7, 11) is 3.11. The van der Waals surface area contributed by atoms with Crippen molar-refractivity contribution in [3.05, 3.63) is 23.8 Å². The Hall–Kier alpha value is -1.30. The molecular formula is C12H19NO4. The number of methoxy groups -OCH3 is 2. The van der Waals surface area contributed by atoms with E-state index in [1.54, 1.807) is 13.2 Å². The molecule has 0 aliphatic rings. The molecule has 1 unspecified atom stereocenters. The monoisotopic (exact) mass is 241 g/mol. The van der Waals surface area contributed by atoms with Gasteiger partial charge in [-0.25, -0.2) is 0 Å². The minimum atomic E-state index is -0.656. The van der Waals surface area contributed by atoms with Crippen molar-refractivity contribution in [1.82, 2.24) is 0 Å². The molecule has 1 atom stereocenters. The van der Waals surface area contributed by atoms with Gasteiger partial charge in [-0.05, 0) is 6.07 Å². The molecule has 0 aromatic heterocycles. The minimum absolute atomic E-state index is 0.161. The summed E-state index contributed by atoms with van der Waals surface area (Å²) in [6, 6.07) is 5.42. The predicted molar refractivity (Wildman–Crippen MR) is 64.3 cm³/mol. The summed E-state index contributed by atoms with van der Waals surface area (Å²) < 4.78 is 15.4. The fourth-order valence-electron chi connectivity index (χ4n) is 1.39. The van der Waals surface area contributed by atoms with E-state index in [4.69, 9.17) is 19.9 Å². The maximum absolute atomic E-state index is 9.49. The first-order valence-corrected chi connectivity index (χ1v) is 5.38. The van der Waals surface area contributed by atoms with Gasteiger partial charge >= 0.3 is 0 Å². The lowest BCUT2D eigenvalue weighted by Crippen LogP contribution is -2.23. The molecule has 0 saturated carbocycles. The summed E-state index contributed by atoms with van der Waals surface area (Å²) in [6.07, 6.45) is -0.656. The number of hydrogen-bond donors (Lipinski definition) is 2. The third kappa shape index (κ3) is 4.22. The highest BCUT2D eigenvalue weighted by Crippen LogP contribution is 2.24. The molecule has 1 rings (SSSR count). The average molecular weight is 241 g/mol. The van der Waals surface area contributed by atoms with Gasteiger partial charge in [0.2, 0.25) is 0 Å². The minimum Gasteiger partial charge on any atom is -0.497 e. The maximum Gasteiger partial charge on any atom is 0.127 e. The lowest BCUT2D eigenvalue weighted by Gasteiger charge is -2.14. The van der Waals surface area contributed by atoms with E-state index in [-0.39, 0.29) is 13.2 Å². The van der Waals surface area contributed by atoms with Crippen molar-refractivity contribution >= 4 is 0 Å². The summed E-state index contributed by atoms with van der Waals surface area (Å²) in [6.45, 7) is 0.773. The van der Waals surface area contributed by atoms with E-state index >= 15 is 0 Å². The number of aliphatic hydroxyl groups excluding tert-OH is 1. The summed E-state index contributed by atoms with van der Waals surface area (Å²) in [4.78, 5) is 0. The van der Waals surface area contributed by atoms with E-state index in [0.717, 1.165) is 5.56 Å². The van der Waals surface area contributed by atoms with Crippen LogP contribution in [0.25, 0.3) is 0 Å². The van der Waals surface area contributed by atoms with Gasteiger partial charge in [-0.15, -0.1) is 0 Å². The van der Waals surface area contributed by atoms with Crippen LogP contribution >= 0.6 is 0 Å². The van der Waals surface area contributed by atoms with Crippen molar-refractivity contribution in [1.29, 1.82) is 0 Å². The van der Waals surface area contributed by atoms with Crippen LogP contribution in [0.5, 0.6) is 11.5 Å². The molecule has 0 bridgehead atoms. The van der Waals surface area contributed by atoms with Crippen LogP contribution in [0.3, 0.4) is 0 Å². The van der Waals surface area contributed by atoms with Gasteiger partial charge in [-0.2, -0.15) is 0 Å². The molecule has 0 saturated heterocycles. The third-order valence-electron chi connectivity index (χ3n) is 2.28. The van der Waals surface area contributed by atoms with Crippen LogP contribution in [-0.2, 0) is 11.3 Å². The van der Waals surface area contributed by atoms with E-state index in [1.165, 1.54) is 7.11 Å². The Morgan fingerprint density at radius 3 is 2.65 bits per heavy atom. The van der Waals surface area contributed by atoms with E-state index < -0.39 is 6.10 Å². The Bertz CT molecular complexity index is 343. The molecule has 0 heterocycles. The molecule has 3 N–H and O–H groups in total. The first kappa shape index (κ1) is 13.8. The first-order valence-electron chi connectivity index (χ1n) is 5.38. The average Bonchev–Trinajstić information content (AvgIpc) is 2.36. The van der Waals surface area contributed by atoms with Crippen molar-refractivity contribution in [2.75, 3.05) is 27.4 Å². The largest absolute Gasteiger partial charge is 0.497 e. The van der Waals surface area contributed by atoms with Crippen molar-refractivity contribution < 1.29 is 19.3 Å². The first-order chi connectivity index (χ1) is 8.21. The van der Waals surface area contributed by atoms with Gasteiger partial charge in [0.1, 0.15) is 24.2 Å². The molecule has 0 amide bonds. The number of rotatable bonds is 7. The highest BCUT2D eigenvalue weighted by Gasteiger charge is 2.08. The number of benzene rings is 1. The molecule has 5 heteroatoms. The molecule has 96 valence electrons. The summed E-state index contributed by atoms with van der Waals surface area (Å²) >= 11 is 0. The van der Waals surface area contributed by atoms with Gasteiger partial charge in [-0.3, -0.25) is 0 Å². The SMILES string of the molecule is COCC(O)COc1cc(OC)ccc1CN. The molecule has 5 nitrogen and oxygen atoms in total. The molecule has 0 fully saturated rings. The summed E-state index contributed by atoms with van der Waals surface area (Å²) in [5.74, 6) is 1.32. The molecule has 17 heavy (non-hydrogen) atoms. The molecule has 0 aliphatic heterocycles. The zero-order chi connectivity index (χ0) is 12.7. The molecule has 0 aliphatic carbocycles. The number of nitrogens with two attached hydrogens (primary N) is 1. The van der Waals surface area contributed by atoms with Gasteiger partial charge in [0.05, 0.1) is 13.7 Å². The zero-order valence-corrected chi connectivity index (χ0v) is 10.2. The van der Waals surface area contributed by atoms with Crippen LogP contribution in [-0.4, -0.2) is 38.6 Å². The Kier molecular flexibility index (Phi) is 5.76. The van der Waals surface area contributed by atoms with E-state index in [2.05, 4.69) is 0 Å². The molecule has 1 aromatic carbocycles. The number of aliphatic hydroxyl groups is 1. The van der Waals surface area contributed by atoms with Crippen LogP contribution in [0.15, 0.2) is 18.2 Å². The summed E-state index contributed by atoms with van der Waals surface area (Å²) in [5, 5.41) is 9.49. The Balaban J connectivity index is 2.67. The van der Waals surface area contributed by atoms with Crippen molar-refractivity contribution in [3.8, 4) is 11.5 Å². The van der Waals surface area contributed by atoms with Gasteiger partial charge in [0, 0.05) is 25.3 Å². The Labute approximate surface area is 101 Å². The van der Waals surface area contributed by atoms with E-state index in [1.807, 2.05) is 12.1 Å². The van der Waals surface area contributed by atoms with Crippen LogP contribution in [0, 0.1) is 0 Å². The van der Waals surface area contributed by atoms with Crippen LogP contribution in [0.1, 0.15) is 5.56 Å².